The van der Waals surface area contributed by atoms with Crippen LogP contribution >= 0.6 is 0 Å². The summed E-state index contributed by atoms with van der Waals surface area (Å²) in [4.78, 5) is 27.7. The Labute approximate surface area is 219 Å². The number of hydrogen-bond donors (Lipinski definition) is 2. The first-order valence-electron chi connectivity index (χ1n) is 12.5. The third kappa shape index (κ3) is 10.2. The van der Waals surface area contributed by atoms with Crippen LogP contribution in [0.5, 0.6) is 0 Å². The quantitative estimate of drug-likeness (QED) is 0.340. The summed E-state index contributed by atoms with van der Waals surface area (Å²) in [6.07, 6.45) is 1.27. The van der Waals surface area contributed by atoms with Gasteiger partial charge in [0.25, 0.3) is 0 Å². The van der Waals surface area contributed by atoms with Gasteiger partial charge in [-0.2, -0.15) is 0 Å². The average Bonchev–Trinajstić information content (AvgIpc) is 2.86. The fourth-order valence-corrected chi connectivity index (χ4v) is 4.66. The SMILES string of the molecule is CCNS(=O)(=O)c1ccc(CCC(=O)N(Cc2ccc(F)cc2)[C@H](C)C(=O)NCCCOC(C)C)cc1. The molecule has 0 aliphatic heterocycles. The Hall–Kier alpha value is -2.82. The van der Waals surface area contributed by atoms with Crippen molar-refractivity contribution < 1.29 is 27.1 Å². The Morgan fingerprint density at radius 2 is 1.62 bits per heavy atom. The Kier molecular flexibility index (Phi) is 12.2. The minimum absolute atomic E-state index is 0.118. The van der Waals surface area contributed by atoms with Crippen molar-refractivity contribution in [3.05, 3.63) is 65.5 Å². The van der Waals surface area contributed by atoms with Crippen LogP contribution in [0.2, 0.25) is 0 Å². The van der Waals surface area contributed by atoms with Crippen molar-refractivity contribution in [1.82, 2.24) is 14.9 Å². The van der Waals surface area contributed by atoms with Gasteiger partial charge in [-0.3, -0.25) is 9.59 Å². The highest BCUT2D eigenvalue weighted by Crippen LogP contribution is 2.15. The van der Waals surface area contributed by atoms with E-state index in [9.17, 15) is 22.4 Å². The second-order valence-electron chi connectivity index (χ2n) is 9.03. The third-order valence-electron chi connectivity index (χ3n) is 5.70. The maximum Gasteiger partial charge on any atom is 0.242 e. The average molecular weight is 536 g/mol. The molecule has 0 aromatic heterocycles. The predicted octanol–water partition coefficient (Wildman–Crippen LogP) is 3.41. The summed E-state index contributed by atoms with van der Waals surface area (Å²) < 4.78 is 45.6. The van der Waals surface area contributed by atoms with E-state index in [4.69, 9.17) is 4.74 Å². The fraction of sp³-hybridized carbons (Fsp3) is 0.481. The molecule has 0 spiro atoms. The van der Waals surface area contributed by atoms with Crippen molar-refractivity contribution in [2.24, 2.45) is 0 Å². The van der Waals surface area contributed by atoms with Gasteiger partial charge in [-0.1, -0.05) is 31.2 Å². The summed E-state index contributed by atoms with van der Waals surface area (Å²) in [5, 5.41) is 2.86. The molecule has 0 aliphatic rings. The highest BCUT2D eigenvalue weighted by molar-refractivity contribution is 7.89. The van der Waals surface area contributed by atoms with Crippen LogP contribution in [0, 0.1) is 5.82 Å². The molecular formula is C27H38FN3O5S. The molecule has 0 heterocycles. The van der Waals surface area contributed by atoms with E-state index in [-0.39, 0.29) is 41.6 Å². The number of nitrogens with one attached hydrogen (secondary N) is 2. The van der Waals surface area contributed by atoms with Gasteiger partial charge in [0, 0.05) is 32.7 Å². The summed E-state index contributed by atoms with van der Waals surface area (Å²) >= 11 is 0. The van der Waals surface area contributed by atoms with Crippen LogP contribution in [0.1, 0.15) is 51.7 Å². The second-order valence-corrected chi connectivity index (χ2v) is 10.8. The third-order valence-corrected chi connectivity index (χ3v) is 7.26. The van der Waals surface area contributed by atoms with Crippen LogP contribution in [-0.2, 0) is 37.3 Å². The Morgan fingerprint density at radius 3 is 2.22 bits per heavy atom. The number of carbonyl (C=O) groups is 2. The number of sulfonamides is 1. The molecule has 0 unspecified atom stereocenters. The van der Waals surface area contributed by atoms with Crippen molar-refractivity contribution in [3.8, 4) is 0 Å². The van der Waals surface area contributed by atoms with E-state index in [0.717, 1.165) is 5.56 Å². The highest BCUT2D eigenvalue weighted by Gasteiger charge is 2.26. The van der Waals surface area contributed by atoms with Gasteiger partial charge in [-0.05, 0) is 69.0 Å². The number of hydrogen-bond acceptors (Lipinski definition) is 5. The number of rotatable bonds is 15. The second kappa shape index (κ2) is 14.8. The normalized spacial score (nSPS) is 12.4. The topological polar surface area (TPSA) is 105 Å². The number of halogens is 1. The molecular weight excluding hydrogens is 497 g/mol. The molecule has 0 bridgehead atoms. The Morgan fingerprint density at radius 1 is 1.00 bits per heavy atom. The van der Waals surface area contributed by atoms with E-state index in [0.29, 0.717) is 38.1 Å². The number of carbonyl (C=O) groups excluding carboxylic acids is 2. The van der Waals surface area contributed by atoms with E-state index in [1.54, 1.807) is 38.1 Å². The Bertz CT molecular complexity index is 1110. The van der Waals surface area contributed by atoms with E-state index < -0.39 is 16.1 Å². The summed E-state index contributed by atoms with van der Waals surface area (Å²) in [5.41, 5.74) is 1.51. The van der Waals surface area contributed by atoms with Gasteiger partial charge < -0.3 is 15.0 Å². The van der Waals surface area contributed by atoms with Gasteiger partial charge in [-0.15, -0.1) is 0 Å². The van der Waals surface area contributed by atoms with Gasteiger partial charge in [0.05, 0.1) is 11.0 Å². The van der Waals surface area contributed by atoms with Crippen LogP contribution in [0.3, 0.4) is 0 Å². The molecule has 0 aliphatic carbocycles. The zero-order valence-electron chi connectivity index (χ0n) is 22.0. The molecule has 2 aromatic rings. The molecule has 2 N–H and O–H groups in total. The standard InChI is InChI=1S/C27H38FN3O5S/c1-5-30-37(34,35)25-14-9-22(10-15-25)11-16-26(32)31(19-23-7-12-24(28)13-8-23)21(4)27(33)29-17-6-18-36-20(2)3/h7-10,12-15,20-21,30H,5-6,11,16-19H2,1-4H3,(H,29,33)/t21-/m1/s1. The maximum atomic E-state index is 13.4. The first kappa shape index (κ1) is 30.4. The molecule has 2 amide bonds. The lowest BCUT2D eigenvalue weighted by atomic mass is 10.1. The van der Waals surface area contributed by atoms with Crippen LogP contribution < -0.4 is 10.0 Å². The molecule has 8 nitrogen and oxygen atoms in total. The van der Waals surface area contributed by atoms with Gasteiger partial charge >= 0.3 is 0 Å². The summed E-state index contributed by atoms with van der Waals surface area (Å²) in [5.74, 6) is -0.895. The summed E-state index contributed by atoms with van der Waals surface area (Å²) in [6.45, 7) is 8.67. The van der Waals surface area contributed by atoms with Gasteiger partial charge in [-0.25, -0.2) is 17.5 Å². The van der Waals surface area contributed by atoms with E-state index >= 15 is 0 Å². The van der Waals surface area contributed by atoms with Crippen molar-refractivity contribution in [3.63, 3.8) is 0 Å². The van der Waals surface area contributed by atoms with Gasteiger partial charge in [0.1, 0.15) is 11.9 Å². The molecule has 2 rings (SSSR count). The van der Waals surface area contributed by atoms with Crippen LogP contribution in [0.4, 0.5) is 4.39 Å². The zero-order valence-corrected chi connectivity index (χ0v) is 22.8. The van der Waals surface area contributed by atoms with Crippen LogP contribution in [-0.4, -0.2) is 57.0 Å². The number of nitrogens with zero attached hydrogens (tertiary/aromatic N) is 1. The predicted molar refractivity (Wildman–Crippen MR) is 141 cm³/mol. The first-order valence-corrected chi connectivity index (χ1v) is 14.0. The summed E-state index contributed by atoms with van der Waals surface area (Å²) in [6, 6.07) is 11.5. The van der Waals surface area contributed by atoms with Crippen LogP contribution in [0.15, 0.2) is 53.4 Å². The number of amides is 2. The van der Waals surface area contributed by atoms with Gasteiger partial charge in [0.2, 0.25) is 21.8 Å². The maximum absolute atomic E-state index is 13.4. The molecule has 0 fully saturated rings. The van der Waals surface area contributed by atoms with Crippen molar-refractivity contribution in [2.75, 3.05) is 19.7 Å². The summed E-state index contributed by atoms with van der Waals surface area (Å²) in [7, 11) is -3.55. The lowest BCUT2D eigenvalue weighted by Crippen LogP contribution is -2.48. The van der Waals surface area contributed by atoms with Crippen LogP contribution in [0.25, 0.3) is 0 Å². The fourth-order valence-electron chi connectivity index (χ4n) is 3.62. The van der Waals surface area contributed by atoms with Gasteiger partial charge in [0.15, 0.2) is 0 Å². The molecule has 37 heavy (non-hydrogen) atoms. The van der Waals surface area contributed by atoms with Crippen molar-refractivity contribution in [1.29, 1.82) is 0 Å². The molecule has 0 saturated carbocycles. The monoisotopic (exact) mass is 535 g/mol. The molecule has 204 valence electrons. The Balaban J connectivity index is 2.06. The highest BCUT2D eigenvalue weighted by atomic mass is 32.2. The van der Waals surface area contributed by atoms with E-state index in [2.05, 4.69) is 10.0 Å². The smallest absolute Gasteiger partial charge is 0.242 e. The molecule has 0 radical (unpaired) electrons. The minimum atomic E-state index is -3.55. The number of ether oxygens (including phenoxy) is 1. The number of aryl methyl sites for hydroxylation is 1. The van der Waals surface area contributed by atoms with Crippen molar-refractivity contribution in [2.45, 2.75) is 70.5 Å². The van der Waals surface area contributed by atoms with E-state index in [1.807, 2.05) is 13.8 Å². The molecule has 10 heteroatoms. The molecule has 0 saturated heterocycles. The largest absolute Gasteiger partial charge is 0.379 e. The first-order chi connectivity index (χ1) is 17.5. The molecule has 2 aromatic carbocycles. The molecule has 1 atom stereocenters. The lowest BCUT2D eigenvalue weighted by molar-refractivity contribution is -0.140. The van der Waals surface area contributed by atoms with E-state index in [1.165, 1.54) is 29.2 Å². The zero-order chi connectivity index (χ0) is 27.4. The lowest BCUT2D eigenvalue weighted by Gasteiger charge is -2.29. The number of benzene rings is 2. The van der Waals surface area contributed by atoms with Crippen molar-refractivity contribution >= 4 is 21.8 Å². The minimum Gasteiger partial charge on any atom is -0.379 e.